The number of esters is 1. The highest BCUT2D eigenvalue weighted by Crippen LogP contribution is 2.18. The molecule has 0 unspecified atom stereocenters. The van der Waals surface area contributed by atoms with Crippen LogP contribution in [0.15, 0.2) is 33.7 Å². The summed E-state index contributed by atoms with van der Waals surface area (Å²) in [4.78, 5) is 13.1. The predicted octanol–water partition coefficient (Wildman–Crippen LogP) is 1.47. The number of hydrogen-bond acceptors (Lipinski definition) is 4. The average molecular weight is 241 g/mol. The molecule has 1 aromatic rings. The van der Waals surface area contributed by atoms with Gasteiger partial charge in [-0.15, -0.1) is 0 Å². The number of benzene rings is 1. The maximum Gasteiger partial charge on any atom is 0.339 e. The van der Waals surface area contributed by atoms with Crippen LogP contribution in [0.2, 0.25) is 0 Å². The van der Waals surface area contributed by atoms with Crippen molar-refractivity contribution < 1.29 is 17.9 Å². The fourth-order valence-corrected chi connectivity index (χ4v) is 1.93. The van der Waals surface area contributed by atoms with E-state index in [0.717, 1.165) is 13.2 Å². The molecule has 0 atom stereocenters. The van der Waals surface area contributed by atoms with Crippen LogP contribution < -0.4 is 0 Å². The molecule has 1 aromatic carbocycles. The number of rotatable bonds is 3. The largest absolute Gasteiger partial charge is 0.465 e. The second-order valence-corrected chi connectivity index (χ2v) is 4.19. The van der Waals surface area contributed by atoms with Crippen molar-refractivity contribution in [3.63, 3.8) is 0 Å². The van der Waals surface area contributed by atoms with Crippen molar-refractivity contribution in [1.82, 2.24) is 0 Å². The third-order valence-corrected chi connectivity index (χ3v) is 2.91. The number of carbonyl (C=O) groups excluding carboxylic acids is 1. The molecule has 0 saturated carbocycles. The van der Waals surface area contributed by atoms with Gasteiger partial charge in [0.05, 0.1) is 17.6 Å². The van der Waals surface area contributed by atoms with Gasteiger partial charge in [-0.25, -0.2) is 13.2 Å². The second kappa shape index (κ2) is 4.65. The van der Waals surface area contributed by atoms with Crippen LogP contribution in [0.3, 0.4) is 0 Å². The first kappa shape index (κ1) is 12.0. The normalized spacial score (nSPS) is 10.3. The molecule has 0 amide bonds. The van der Waals surface area contributed by atoms with Gasteiger partial charge < -0.3 is 4.74 Å². The number of carbonyl (C=O) groups is 1. The number of azide groups is 1. The first-order valence-electron chi connectivity index (χ1n) is 4.01. The van der Waals surface area contributed by atoms with Gasteiger partial charge in [0.15, 0.2) is 0 Å². The van der Waals surface area contributed by atoms with E-state index in [1.54, 1.807) is 0 Å². The smallest absolute Gasteiger partial charge is 0.339 e. The van der Waals surface area contributed by atoms with E-state index in [1.807, 2.05) is 0 Å². The Kier molecular flexibility index (Phi) is 3.49. The molecule has 1 rings (SSSR count). The van der Waals surface area contributed by atoms with Crippen LogP contribution in [0.1, 0.15) is 10.4 Å². The molecule has 7 nitrogen and oxygen atoms in total. The van der Waals surface area contributed by atoms with Crippen molar-refractivity contribution in [3.8, 4) is 0 Å². The van der Waals surface area contributed by atoms with Crippen LogP contribution >= 0.6 is 0 Å². The lowest BCUT2D eigenvalue weighted by atomic mass is 10.2. The van der Waals surface area contributed by atoms with Gasteiger partial charge in [-0.1, -0.05) is 12.1 Å². The van der Waals surface area contributed by atoms with Crippen molar-refractivity contribution in [2.45, 2.75) is 4.90 Å². The minimum atomic E-state index is -4.19. The Labute approximate surface area is 91.3 Å². The highest BCUT2D eigenvalue weighted by atomic mass is 32.2. The van der Waals surface area contributed by atoms with E-state index < -0.39 is 16.0 Å². The molecule has 0 heterocycles. The maximum absolute atomic E-state index is 11.4. The number of hydrogen-bond donors (Lipinski definition) is 0. The van der Waals surface area contributed by atoms with Gasteiger partial charge in [-0.2, -0.15) is 0 Å². The molecule has 0 N–H and O–H groups in total. The molecular weight excluding hydrogens is 234 g/mol. The number of ether oxygens (including phenoxy) is 1. The van der Waals surface area contributed by atoms with Gasteiger partial charge in [0.2, 0.25) is 0 Å². The topological polar surface area (TPSA) is 109 Å². The molecule has 16 heavy (non-hydrogen) atoms. The number of nitrogens with zero attached hydrogens (tertiary/aromatic N) is 3. The fraction of sp³-hybridized carbons (Fsp3) is 0.125. The van der Waals surface area contributed by atoms with Gasteiger partial charge in [-0.05, 0) is 17.7 Å². The van der Waals surface area contributed by atoms with E-state index in [-0.39, 0.29) is 10.5 Å². The average Bonchev–Trinajstić information content (AvgIpc) is 2.28. The SMILES string of the molecule is COC(=O)c1ccccc1S(=O)(=O)N=[N+]=[N-]. The van der Waals surface area contributed by atoms with Gasteiger partial charge in [-0.3, -0.25) is 0 Å². The summed E-state index contributed by atoms with van der Waals surface area (Å²) in [7, 11) is -3.06. The molecule has 0 bridgehead atoms. The van der Waals surface area contributed by atoms with Gasteiger partial charge >= 0.3 is 5.97 Å². The Morgan fingerprint density at radius 2 is 2.06 bits per heavy atom. The molecule has 0 fully saturated rings. The monoisotopic (exact) mass is 241 g/mol. The molecule has 0 aromatic heterocycles. The van der Waals surface area contributed by atoms with Crippen LogP contribution in [-0.2, 0) is 14.8 Å². The zero-order valence-corrected chi connectivity index (χ0v) is 9.01. The molecule has 84 valence electrons. The van der Waals surface area contributed by atoms with Gasteiger partial charge in [0.25, 0.3) is 10.0 Å². The number of methoxy groups -OCH3 is 1. The quantitative estimate of drug-likeness (QED) is 0.345. The summed E-state index contributed by atoms with van der Waals surface area (Å²) in [6.45, 7) is 0. The Hall–Kier alpha value is -2.05. The summed E-state index contributed by atoms with van der Waals surface area (Å²) in [5.41, 5.74) is 7.94. The Balaban J connectivity index is 3.46. The first-order valence-corrected chi connectivity index (χ1v) is 5.45. The van der Waals surface area contributed by atoms with Crippen LogP contribution in [0.4, 0.5) is 0 Å². The maximum atomic E-state index is 11.4. The minimum absolute atomic E-state index is 0.169. The standard InChI is InChI=1S/C8H7N3O4S/c1-15-8(12)6-4-2-3-5-7(6)16(13,14)11-10-9/h2-5H,1H3. The Morgan fingerprint density at radius 3 is 2.62 bits per heavy atom. The fourth-order valence-electron chi connectivity index (χ4n) is 1.06. The lowest BCUT2D eigenvalue weighted by Crippen LogP contribution is -2.08. The molecule has 0 aliphatic carbocycles. The zero-order chi connectivity index (χ0) is 12.2. The van der Waals surface area contributed by atoms with Crippen molar-refractivity contribution in [3.05, 3.63) is 40.3 Å². The lowest BCUT2D eigenvalue weighted by Gasteiger charge is -2.04. The van der Waals surface area contributed by atoms with Gasteiger partial charge in [0, 0.05) is 9.43 Å². The Bertz CT molecular complexity index is 560. The summed E-state index contributed by atoms with van der Waals surface area (Å²) in [6, 6.07) is 5.31. The minimum Gasteiger partial charge on any atom is -0.465 e. The molecule has 0 spiro atoms. The lowest BCUT2D eigenvalue weighted by molar-refractivity contribution is 0.0596. The van der Waals surface area contributed by atoms with Crippen molar-refractivity contribution in [2.75, 3.05) is 7.11 Å². The van der Waals surface area contributed by atoms with E-state index in [1.165, 1.54) is 18.2 Å². The highest BCUT2D eigenvalue weighted by molar-refractivity contribution is 7.90. The van der Waals surface area contributed by atoms with Crippen molar-refractivity contribution >= 4 is 16.0 Å². The number of sulfonamides is 1. The van der Waals surface area contributed by atoms with Gasteiger partial charge in [0.1, 0.15) is 0 Å². The first-order chi connectivity index (χ1) is 7.53. The highest BCUT2D eigenvalue weighted by Gasteiger charge is 2.21. The van der Waals surface area contributed by atoms with Crippen LogP contribution in [-0.4, -0.2) is 21.5 Å². The van der Waals surface area contributed by atoms with E-state index in [2.05, 4.69) is 14.2 Å². The molecule has 0 saturated heterocycles. The summed E-state index contributed by atoms with van der Waals surface area (Å²) in [5, 5.41) is 0. The van der Waals surface area contributed by atoms with Crippen molar-refractivity contribution in [1.29, 1.82) is 0 Å². The third-order valence-electron chi connectivity index (χ3n) is 1.71. The van der Waals surface area contributed by atoms with E-state index in [4.69, 9.17) is 5.53 Å². The molecule has 8 heteroatoms. The van der Waals surface area contributed by atoms with Crippen LogP contribution in [0.25, 0.3) is 10.4 Å². The second-order valence-electron chi connectivity index (χ2n) is 2.63. The summed E-state index contributed by atoms with van der Waals surface area (Å²) < 4.78 is 30.0. The molecule has 0 aliphatic rings. The van der Waals surface area contributed by atoms with Crippen LogP contribution in [0, 0.1) is 0 Å². The Morgan fingerprint density at radius 1 is 1.44 bits per heavy atom. The summed E-state index contributed by atoms with van der Waals surface area (Å²) in [6.07, 6.45) is 0. The van der Waals surface area contributed by atoms with E-state index >= 15 is 0 Å². The molecule has 0 radical (unpaired) electrons. The van der Waals surface area contributed by atoms with Crippen molar-refractivity contribution in [2.24, 2.45) is 4.52 Å². The summed E-state index contributed by atoms with van der Waals surface area (Å²) >= 11 is 0. The van der Waals surface area contributed by atoms with E-state index in [9.17, 15) is 13.2 Å². The predicted molar refractivity (Wildman–Crippen MR) is 54.1 cm³/mol. The summed E-state index contributed by atoms with van der Waals surface area (Å²) in [5.74, 6) is -0.813. The van der Waals surface area contributed by atoms with E-state index in [0.29, 0.717) is 0 Å². The zero-order valence-electron chi connectivity index (χ0n) is 8.19. The molecule has 0 aliphatic heterocycles. The molecular formula is C8H7N3O4S. The third kappa shape index (κ3) is 2.30. The van der Waals surface area contributed by atoms with Crippen LogP contribution in [0.5, 0.6) is 0 Å².